The van der Waals surface area contributed by atoms with Gasteiger partial charge in [0, 0.05) is 13.1 Å². The van der Waals surface area contributed by atoms with Gasteiger partial charge in [-0.3, -0.25) is 13.9 Å². The minimum Gasteiger partial charge on any atom is -0.303 e. The number of rotatable bonds is 6. The number of unbranched alkanes of at least 4 members (excludes halogenated alkanes) is 1. The van der Waals surface area contributed by atoms with Crippen LogP contribution >= 0.6 is 10.8 Å². The van der Waals surface area contributed by atoms with Crippen LogP contribution < -0.4 is 0 Å². The van der Waals surface area contributed by atoms with Crippen LogP contribution in [0.15, 0.2) is 71.6 Å². The second-order valence-electron chi connectivity index (χ2n) is 8.48. The van der Waals surface area contributed by atoms with E-state index in [0.29, 0.717) is 22.9 Å². The van der Waals surface area contributed by atoms with E-state index in [1.807, 2.05) is 0 Å². The molecule has 0 aliphatic carbocycles. The fourth-order valence-corrected chi connectivity index (χ4v) is 6.63. The lowest BCUT2D eigenvalue weighted by molar-refractivity contribution is 0.0860. The third kappa shape index (κ3) is 3.74. The number of carbonyl (C=O) groups excluding carboxylic acids is 1. The molecule has 2 aliphatic heterocycles. The zero-order valence-corrected chi connectivity index (χ0v) is 18.3. The summed E-state index contributed by atoms with van der Waals surface area (Å²) in [5, 5.41) is 2.66. The lowest BCUT2D eigenvalue weighted by atomic mass is 9.93. The molecule has 2 heterocycles. The van der Waals surface area contributed by atoms with Gasteiger partial charge in [0.15, 0.2) is 0 Å². The summed E-state index contributed by atoms with van der Waals surface area (Å²) >= 11 is 0. The molecule has 5 rings (SSSR count). The van der Waals surface area contributed by atoms with Gasteiger partial charge in [0.1, 0.15) is 0 Å². The summed E-state index contributed by atoms with van der Waals surface area (Å²) in [6.07, 6.45) is 2.84. The number of benzene rings is 3. The first-order chi connectivity index (χ1) is 15.1. The first-order valence-electron chi connectivity index (χ1n) is 10.9. The molecule has 31 heavy (non-hydrogen) atoms. The Kier molecular flexibility index (Phi) is 5.48. The molecule has 0 aromatic heterocycles. The first-order valence-corrected chi connectivity index (χ1v) is 12.5. The average Bonchev–Trinajstić information content (AvgIpc) is 3.33. The number of carbonyl (C=O) groups is 1. The van der Waals surface area contributed by atoms with E-state index < -0.39 is 10.8 Å². The van der Waals surface area contributed by atoms with Crippen LogP contribution in [0.4, 0.5) is 0 Å². The van der Waals surface area contributed by atoms with Gasteiger partial charge in [-0.1, -0.05) is 65.4 Å². The summed E-state index contributed by atoms with van der Waals surface area (Å²) < 4.78 is 22.4. The van der Waals surface area contributed by atoms with Gasteiger partial charge in [-0.2, -0.15) is 0 Å². The SMILES string of the molecule is O=C1c2ccccc2S(O)(O)N1CCCCN1CCC(c2cccc3ccccc23)C1. The second kappa shape index (κ2) is 8.28. The fourth-order valence-electron chi connectivity index (χ4n) is 4.97. The van der Waals surface area contributed by atoms with E-state index in [1.165, 1.54) is 20.6 Å². The van der Waals surface area contributed by atoms with Gasteiger partial charge in [0.2, 0.25) is 0 Å². The highest BCUT2D eigenvalue weighted by molar-refractivity contribution is 8.23. The minimum absolute atomic E-state index is 0.271. The molecule has 1 unspecified atom stereocenters. The van der Waals surface area contributed by atoms with Crippen LogP contribution in [0.25, 0.3) is 10.8 Å². The summed E-state index contributed by atoms with van der Waals surface area (Å²) in [4.78, 5) is 15.4. The molecule has 3 aromatic carbocycles. The Morgan fingerprint density at radius 3 is 2.52 bits per heavy atom. The van der Waals surface area contributed by atoms with Crippen molar-refractivity contribution in [1.29, 1.82) is 0 Å². The van der Waals surface area contributed by atoms with Gasteiger partial charge in [0.05, 0.1) is 10.5 Å². The predicted molar refractivity (Wildman–Crippen MR) is 126 cm³/mol. The van der Waals surface area contributed by atoms with Crippen molar-refractivity contribution < 1.29 is 13.9 Å². The van der Waals surface area contributed by atoms with Crippen molar-refractivity contribution in [3.05, 3.63) is 77.9 Å². The number of amides is 1. The molecular formula is C25H28N2O3S. The summed E-state index contributed by atoms with van der Waals surface area (Å²) in [6, 6.07) is 22.0. The molecule has 1 amide bonds. The largest absolute Gasteiger partial charge is 0.303 e. The molecule has 0 spiro atoms. The highest BCUT2D eigenvalue weighted by atomic mass is 32.3. The molecule has 0 bridgehead atoms. The smallest absolute Gasteiger partial charge is 0.274 e. The van der Waals surface area contributed by atoms with Crippen molar-refractivity contribution >= 4 is 27.5 Å². The lowest BCUT2D eigenvalue weighted by Crippen LogP contribution is -2.29. The van der Waals surface area contributed by atoms with Crippen molar-refractivity contribution in [2.45, 2.75) is 30.1 Å². The van der Waals surface area contributed by atoms with Crippen LogP contribution in [0.1, 0.15) is 41.1 Å². The summed E-state index contributed by atoms with van der Waals surface area (Å²) in [5.41, 5.74) is 1.86. The Bertz CT molecular complexity index is 1110. The Morgan fingerprint density at radius 2 is 1.65 bits per heavy atom. The van der Waals surface area contributed by atoms with E-state index in [1.54, 1.807) is 24.3 Å². The summed E-state index contributed by atoms with van der Waals surface area (Å²) in [5.74, 6) is 0.278. The second-order valence-corrected chi connectivity index (χ2v) is 10.4. The molecule has 0 radical (unpaired) electrons. The van der Waals surface area contributed by atoms with Gasteiger partial charge in [-0.05, 0) is 66.7 Å². The number of fused-ring (bicyclic) bond motifs is 2. The Balaban J connectivity index is 1.15. The maximum absolute atomic E-state index is 12.6. The normalized spacial score (nSPS) is 21.5. The van der Waals surface area contributed by atoms with Crippen LogP contribution in [-0.4, -0.2) is 50.4 Å². The van der Waals surface area contributed by atoms with Gasteiger partial charge >= 0.3 is 0 Å². The van der Waals surface area contributed by atoms with Gasteiger partial charge in [0.25, 0.3) is 5.91 Å². The maximum atomic E-state index is 12.6. The van der Waals surface area contributed by atoms with E-state index in [2.05, 4.69) is 47.4 Å². The molecule has 162 valence electrons. The van der Waals surface area contributed by atoms with Crippen LogP contribution in [0.3, 0.4) is 0 Å². The highest BCUT2D eigenvalue weighted by Crippen LogP contribution is 2.58. The summed E-state index contributed by atoms with van der Waals surface area (Å²) in [6.45, 7) is 3.47. The Hall–Kier alpha value is -2.38. The van der Waals surface area contributed by atoms with Crippen molar-refractivity contribution in [2.75, 3.05) is 26.2 Å². The first kappa shape index (κ1) is 20.5. The number of nitrogens with zero attached hydrogens (tertiary/aromatic N) is 2. The zero-order chi connectivity index (χ0) is 21.4. The third-order valence-electron chi connectivity index (χ3n) is 6.57. The molecule has 2 N–H and O–H groups in total. The zero-order valence-electron chi connectivity index (χ0n) is 17.5. The molecule has 2 aliphatic rings. The van der Waals surface area contributed by atoms with Crippen LogP contribution in [0.5, 0.6) is 0 Å². The molecule has 1 saturated heterocycles. The molecular weight excluding hydrogens is 408 g/mol. The number of hydrogen-bond donors (Lipinski definition) is 2. The van der Waals surface area contributed by atoms with E-state index in [4.69, 9.17) is 0 Å². The van der Waals surface area contributed by atoms with Crippen molar-refractivity contribution in [3.8, 4) is 0 Å². The number of likely N-dealkylation sites (tertiary alicyclic amines) is 1. The predicted octanol–water partition coefficient (Wildman–Crippen LogP) is 5.59. The van der Waals surface area contributed by atoms with Crippen LogP contribution in [-0.2, 0) is 0 Å². The van der Waals surface area contributed by atoms with E-state index >= 15 is 0 Å². The Morgan fingerprint density at radius 1 is 0.903 bits per heavy atom. The monoisotopic (exact) mass is 436 g/mol. The van der Waals surface area contributed by atoms with E-state index in [9.17, 15) is 13.9 Å². The van der Waals surface area contributed by atoms with Crippen LogP contribution in [0, 0.1) is 0 Å². The van der Waals surface area contributed by atoms with Crippen LogP contribution in [0.2, 0.25) is 0 Å². The topological polar surface area (TPSA) is 64.0 Å². The maximum Gasteiger partial charge on any atom is 0.274 e. The molecule has 1 atom stereocenters. The van der Waals surface area contributed by atoms with Crippen molar-refractivity contribution in [2.24, 2.45) is 0 Å². The lowest BCUT2D eigenvalue weighted by Gasteiger charge is -2.37. The quantitative estimate of drug-likeness (QED) is 0.495. The molecule has 1 fully saturated rings. The van der Waals surface area contributed by atoms with E-state index in [0.717, 1.165) is 38.9 Å². The molecule has 3 aromatic rings. The fraction of sp³-hybridized carbons (Fsp3) is 0.320. The van der Waals surface area contributed by atoms with Gasteiger partial charge < -0.3 is 4.90 Å². The average molecular weight is 437 g/mol. The van der Waals surface area contributed by atoms with E-state index in [-0.39, 0.29) is 5.91 Å². The van der Waals surface area contributed by atoms with Gasteiger partial charge in [-0.15, -0.1) is 0 Å². The molecule has 6 heteroatoms. The Labute approximate surface area is 184 Å². The van der Waals surface area contributed by atoms with Gasteiger partial charge in [-0.25, -0.2) is 4.31 Å². The standard InChI is InChI=1S/C25H28N2O3S/c28-25-23-11-3-4-13-24(23)31(29,30)27(25)16-6-5-15-26-17-14-20(18-26)22-12-7-9-19-8-1-2-10-21(19)22/h1-4,7-13,20,29-30H,5-6,14-18H2. The molecule has 0 saturated carbocycles. The third-order valence-corrected chi connectivity index (χ3v) is 8.48. The minimum atomic E-state index is -3.19. The van der Waals surface area contributed by atoms with Crippen molar-refractivity contribution in [3.63, 3.8) is 0 Å². The summed E-state index contributed by atoms with van der Waals surface area (Å²) in [7, 11) is -3.19. The number of hydrogen-bond acceptors (Lipinski definition) is 4. The molecule has 5 nitrogen and oxygen atoms in total. The highest BCUT2D eigenvalue weighted by Gasteiger charge is 2.40. The van der Waals surface area contributed by atoms with Crippen molar-refractivity contribution in [1.82, 2.24) is 9.21 Å².